The van der Waals surface area contributed by atoms with Crippen LogP contribution in [0.3, 0.4) is 0 Å². The fourth-order valence-electron chi connectivity index (χ4n) is 5.33. The van der Waals surface area contributed by atoms with Crippen LogP contribution in [-0.4, -0.2) is 17.8 Å². The van der Waals surface area contributed by atoms with Gasteiger partial charge in [0.15, 0.2) is 11.5 Å². The van der Waals surface area contributed by atoms with Gasteiger partial charge in [0.1, 0.15) is 12.4 Å². The number of phenols is 1. The molecule has 2 aliphatic carbocycles. The van der Waals surface area contributed by atoms with Gasteiger partial charge in [0.25, 0.3) is 0 Å². The lowest BCUT2D eigenvalue weighted by Crippen LogP contribution is -2.17. The molecule has 0 spiro atoms. The molecular formula is C31H44O4. The van der Waals surface area contributed by atoms with Crippen LogP contribution in [0.25, 0.3) is 0 Å². The monoisotopic (exact) mass is 480 g/mol. The Morgan fingerprint density at radius 2 is 1.54 bits per heavy atom. The molecule has 0 bridgehead atoms. The van der Waals surface area contributed by atoms with E-state index in [1.54, 1.807) is 0 Å². The minimum Gasteiger partial charge on any atom is -0.504 e. The van der Waals surface area contributed by atoms with Crippen molar-refractivity contribution in [2.45, 2.75) is 110 Å². The third-order valence-corrected chi connectivity index (χ3v) is 7.91. The standard InChI is InChI=1S/C31H44O4/c1-3-23(2)26-14-16-29(17-15-26)33-21-25-18-27(22-34-28-12-8-5-9-13-28)31(32)30(19-25)35-20-24-10-6-4-7-11-24/h14-19,23-24,28,32H,3-13,20-22H2,1-2H3. The van der Waals surface area contributed by atoms with Gasteiger partial charge in [-0.2, -0.15) is 0 Å². The van der Waals surface area contributed by atoms with Crippen LogP contribution in [0.1, 0.15) is 107 Å². The quantitative estimate of drug-likeness (QED) is 0.351. The molecule has 192 valence electrons. The van der Waals surface area contributed by atoms with E-state index in [1.165, 1.54) is 56.9 Å². The SMILES string of the molecule is CCC(C)c1ccc(OCc2cc(COC3CCCCC3)c(O)c(OCC3CCCCC3)c2)cc1. The minimum absolute atomic E-state index is 0.221. The molecule has 35 heavy (non-hydrogen) atoms. The van der Waals surface area contributed by atoms with E-state index in [2.05, 4.69) is 38.1 Å². The number of rotatable bonds is 11. The zero-order chi connectivity index (χ0) is 24.5. The number of ether oxygens (including phenoxy) is 3. The first kappa shape index (κ1) is 25.9. The second-order valence-corrected chi connectivity index (χ2v) is 10.7. The summed E-state index contributed by atoms with van der Waals surface area (Å²) in [5.41, 5.74) is 3.13. The Hall–Kier alpha value is -2.20. The van der Waals surface area contributed by atoms with Crippen LogP contribution in [0.15, 0.2) is 36.4 Å². The van der Waals surface area contributed by atoms with Crippen LogP contribution in [0, 0.1) is 5.92 Å². The van der Waals surface area contributed by atoms with Gasteiger partial charge in [-0.15, -0.1) is 0 Å². The summed E-state index contributed by atoms with van der Waals surface area (Å²) < 4.78 is 18.5. The zero-order valence-electron chi connectivity index (χ0n) is 21.8. The molecule has 1 N–H and O–H groups in total. The largest absolute Gasteiger partial charge is 0.504 e. The average molecular weight is 481 g/mol. The molecule has 0 aliphatic heterocycles. The predicted octanol–water partition coefficient (Wildman–Crippen LogP) is 8.29. The van der Waals surface area contributed by atoms with Crippen LogP contribution in [-0.2, 0) is 18.0 Å². The third kappa shape index (κ3) is 7.64. The molecule has 0 radical (unpaired) electrons. The minimum atomic E-state index is 0.221. The van der Waals surface area contributed by atoms with Crippen LogP contribution < -0.4 is 9.47 Å². The summed E-state index contributed by atoms with van der Waals surface area (Å²) in [6.45, 7) is 5.96. The van der Waals surface area contributed by atoms with Crippen molar-refractivity contribution in [3.63, 3.8) is 0 Å². The number of benzene rings is 2. The fourth-order valence-corrected chi connectivity index (χ4v) is 5.33. The van der Waals surface area contributed by atoms with Gasteiger partial charge in [-0.3, -0.25) is 0 Å². The molecule has 4 rings (SSSR count). The summed E-state index contributed by atoms with van der Waals surface area (Å²) in [6, 6.07) is 12.4. The van der Waals surface area contributed by atoms with Gasteiger partial charge in [0.05, 0.1) is 19.3 Å². The van der Waals surface area contributed by atoms with Gasteiger partial charge in [0.2, 0.25) is 0 Å². The smallest absolute Gasteiger partial charge is 0.163 e. The van der Waals surface area contributed by atoms with Gasteiger partial charge in [0, 0.05) is 5.56 Å². The number of hydrogen-bond donors (Lipinski definition) is 1. The van der Waals surface area contributed by atoms with Gasteiger partial charge in [-0.25, -0.2) is 0 Å². The molecule has 0 amide bonds. The average Bonchev–Trinajstić information content (AvgIpc) is 2.92. The second-order valence-electron chi connectivity index (χ2n) is 10.7. The third-order valence-electron chi connectivity index (χ3n) is 7.91. The van der Waals surface area contributed by atoms with Crippen LogP contribution >= 0.6 is 0 Å². The Kier molecular flexibility index (Phi) is 9.76. The van der Waals surface area contributed by atoms with Gasteiger partial charge in [-0.1, -0.05) is 64.5 Å². The molecule has 2 aliphatic rings. The van der Waals surface area contributed by atoms with E-state index in [0.717, 1.165) is 36.1 Å². The molecule has 2 saturated carbocycles. The Morgan fingerprint density at radius 3 is 2.23 bits per heavy atom. The Labute approximate surface area is 212 Å². The van der Waals surface area contributed by atoms with Crippen molar-refractivity contribution in [3.05, 3.63) is 53.1 Å². The Bertz CT molecular complexity index is 852. The van der Waals surface area contributed by atoms with Crippen molar-refractivity contribution >= 4 is 0 Å². The normalized spacial score (nSPS) is 18.3. The van der Waals surface area contributed by atoms with Crippen LogP contribution in [0.4, 0.5) is 0 Å². The molecule has 0 saturated heterocycles. The molecule has 2 aromatic rings. The summed E-state index contributed by atoms with van der Waals surface area (Å²) in [5.74, 6) is 2.77. The molecular weight excluding hydrogens is 436 g/mol. The van der Waals surface area contributed by atoms with E-state index in [0.29, 0.717) is 43.5 Å². The van der Waals surface area contributed by atoms with Crippen molar-refractivity contribution in [1.29, 1.82) is 0 Å². The first-order valence-corrected chi connectivity index (χ1v) is 13.9. The molecule has 1 unspecified atom stereocenters. The Morgan fingerprint density at radius 1 is 0.857 bits per heavy atom. The first-order valence-electron chi connectivity index (χ1n) is 13.9. The first-order chi connectivity index (χ1) is 17.1. The summed E-state index contributed by atoms with van der Waals surface area (Å²) in [7, 11) is 0. The molecule has 4 heteroatoms. The lowest BCUT2D eigenvalue weighted by atomic mass is 9.90. The maximum absolute atomic E-state index is 11.0. The summed E-state index contributed by atoms with van der Waals surface area (Å²) >= 11 is 0. The molecule has 0 aromatic heterocycles. The van der Waals surface area contributed by atoms with E-state index in [-0.39, 0.29) is 5.75 Å². The van der Waals surface area contributed by atoms with E-state index in [9.17, 15) is 5.11 Å². The summed E-state index contributed by atoms with van der Waals surface area (Å²) in [5, 5.41) is 11.0. The van der Waals surface area contributed by atoms with Gasteiger partial charge < -0.3 is 19.3 Å². The topological polar surface area (TPSA) is 47.9 Å². The second kappa shape index (κ2) is 13.2. The van der Waals surface area contributed by atoms with Crippen LogP contribution in [0.5, 0.6) is 17.2 Å². The number of aromatic hydroxyl groups is 1. The van der Waals surface area contributed by atoms with Crippen molar-refractivity contribution in [2.24, 2.45) is 5.92 Å². The highest BCUT2D eigenvalue weighted by molar-refractivity contribution is 5.48. The van der Waals surface area contributed by atoms with E-state index in [4.69, 9.17) is 14.2 Å². The van der Waals surface area contributed by atoms with Gasteiger partial charge in [-0.05, 0) is 79.3 Å². The molecule has 2 fully saturated rings. The van der Waals surface area contributed by atoms with E-state index in [1.807, 2.05) is 12.1 Å². The summed E-state index contributed by atoms with van der Waals surface area (Å²) in [6.07, 6.45) is 13.7. The molecule has 2 aromatic carbocycles. The number of phenolic OH excluding ortho intramolecular Hbond substituents is 1. The van der Waals surface area contributed by atoms with Crippen LogP contribution in [0.2, 0.25) is 0 Å². The maximum Gasteiger partial charge on any atom is 0.163 e. The highest BCUT2D eigenvalue weighted by Crippen LogP contribution is 2.35. The Balaban J connectivity index is 1.44. The number of hydrogen-bond acceptors (Lipinski definition) is 4. The highest BCUT2D eigenvalue weighted by atomic mass is 16.5. The van der Waals surface area contributed by atoms with Crippen molar-refractivity contribution in [1.82, 2.24) is 0 Å². The molecule has 0 heterocycles. The predicted molar refractivity (Wildman–Crippen MR) is 141 cm³/mol. The van der Waals surface area contributed by atoms with Gasteiger partial charge >= 0.3 is 0 Å². The van der Waals surface area contributed by atoms with E-state index >= 15 is 0 Å². The van der Waals surface area contributed by atoms with Crippen molar-refractivity contribution < 1.29 is 19.3 Å². The lowest BCUT2D eigenvalue weighted by molar-refractivity contribution is 0.0158. The lowest BCUT2D eigenvalue weighted by Gasteiger charge is -2.24. The van der Waals surface area contributed by atoms with E-state index < -0.39 is 0 Å². The highest BCUT2D eigenvalue weighted by Gasteiger charge is 2.19. The molecule has 4 nitrogen and oxygen atoms in total. The van der Waals surface area contributed by atoms with Crippen molar-refractivity contribution in [2.75, 3.05) is 6.61 Å². The van der Waals surface area contributed by atoms with Crippen molar-refractivity contribution in [3.8, 4) is 17.2 Å². The maximum atomic E-state index is 11.0. The summed E-state index contributed by atoms with van der Waals surface area (Å²) in [4.78, 5) is 0. The fraction of sp³-hybridized carbons (Fsp3) is 0.613. The molecule has 1 atom stereocenters. The zero-order valence-corrected chi connectivity index (χ0v) is 21.8.